The molecule has 21 heavy (non-hydrogen) atoms. The number of carbonyl (C=O) groups is 1. The summed E-state index contributed by atoms with van der Waals surface area (Å²) in [6.07, 6.45) is 0. The van der Waals surface area contributed by atoms with Crippen molar-refractivity contribution in [3.8, 4) is 0 Å². The number of pyridine rings is 1. The summed E-state index contributed by atoms with van der Waals surface area (Å²) in [4.78, 5) is 16.1. The van der Waals surface area contributed by atoms with Crippen molar-refractivity contribution < 1.29 is 13.2 Å². The van der Waals surface area contributed by atoms with Gasteiger partial charge >= 0.3 is 0 Å². The Morgan fingerprint density at radius 3 is 2.43 bits per heavy atom. The highest BCUT2D eigenvalue weighted by Gasteiger charge is 2.09. The van der Waals surface area contributed by atoms with Crippen molar-refractivity contribution in [1.82, 2.24) is 10.3 Å². The minimum atomic E-state index is -3.70. The first-order valence-electron chi connectivity index (χ1n) is 6.20. The Balaban J connectivity index is 2.02. The molecular weight excluding hydrogens is 290 g/mol. The molecule has 0 unspecified atom stereocenters. The number of primary sulfonamides is 1. The number of nitrogens with zero attached hydrogens (tertiary/aromatic N) is 1. The lowest BCUT2D eigenvalue weighted by atomic mass is 10.2. The van der Waals surface area contributed by atoms with E-state index in [0.717, 1.165) is 11.3 Å². The quantitative estimate of drug-likeness (QED) is 0.878. The minimum absolute atomic E-state index is 0.0397. The third kappa shape index (κ3) is 4.11. The molecule has 2 aromatic rings. The molecule has 1 heterocycles. The maximum atomic E-state index is 11.9. The van der Waals surface area contributed by atoms with Crippen molar-refractivity contribution in [2.45, 2.75) is 18.4 Å². The zero-order valence-corrected chi connectivity index (χ0v) is 12.2. The number of rotatable bonds is 4. The predicted molar refractivity (Wildman–Crippen MR) is 78.0 cm³/mol. The van der Waals surface area contributed by atoms with Crippen LogP contribution in [-0.4, -0.2) is 19.3 Å². The summed E-state index contributed by atoms with van der Waals surface area (Å²) < 4.78 is 22.3. The van der Waals surface area contributed by atoms with Gasteiger partial charge in [0, 0.05) is 12.2 Å². The summed E-state index contributed by atoms with van der Waals surface area (Å²) >= 11 is 0. The molecule has 0 saturated heterocycles. The van der Waals surface area contributed by atoms with Crippen molar-refractivity contribution >= 4 is 15.9 Å². The minimum Gasteiger partial charge on any atom is -0.347 e. The maximum Gasteiger partial charge on any atom is 0.270 e. The number of hydrogen-bond donors (Lipinski definition) is 2. The van der Waals surface area contributed by atoms with E-state index in [4.69, 9.17) is 5.14 Å². The van der Waals surface area contributed by atoms with Gasteiger partial charge in [-0.25, -0.2) is 18.5 Å². The van der Waals surface area contributed by atoms with Crippen LogP contribution in [0.2, 0.25) is 0 Å². The smallest absolute Gasteiger partial charge is 0.270 e. The lowest BCUT2D eigenvalue weighted by Crippen LogP contribution is -2.24. The van der Waals surface area contributed by atoms with Crippen LogP contribution < -0.4 is 10.5 Å². The Morgan fingerprint density at radius 2 is 1.86 bits per heavy atom. The van der Waals surface area contributed by atoms with Gasteiger partial charge in [-0.15, -0.1) is 0 Å². The van der Waals surface area contributed by atoms with Gasteiger partial charge < -0.3 is 5.32 Å². The number of sulfonamides is 1. The second-order valence-corrected chi connectivity index (χ2v) is 6.10. The van der Waals surface area contributed by atoms with E-state index in [2.05, 4.69) is 10.3 Å². The lowest BCUT2D eigenvalue weighted by Gasteiger charge is -2.06. The summed E-state index contributed by atoms with van der Waals surface area (Å²) in [5.41, 5.74) is 1.87. The zero-order valence-electron chi connectivity index (χ0n) is 11.4. The highest BCUT2D eigenvalue weighted by atomic mass is 32.2. The van der Waals surface area contributed by atoms with Gasteiger partial charge in [0.05, 0.1) is 4.90 Å². The molecule has 2 rings (SSSR count). The topological polar surface area (TPSA) is 102 Å². The fourth-order valence-corrected chi connectivity index (χ4v) is 2.25. The highest BCUT2D eigenvalue weighted by Crippen LogP contribution is 2.08. The van der Waals surface area contributed by atoms with Crippen molar-refractivity contribution in [2.75, 3.05) is 0 Å². The fraction of sp³-hybridized carbons (Fsp3) is 0.143. The lowest BCUT2D eigenvalue weighted by molar-refractivity contribution is 0.0945. The molecule has 0 spiro atoms. The SMILES string of the molecule is Cc1cccc(C(=O)NCc2ccc(S(N)(=O)=O)cc2)n1. The third-order valence-electron chi connectivity index (χ3n) is 2.83. The van der Waals surface area contributed by atoms with Gasteiger partial charge in [-0.2, -0.15) is 0 Å². The average Bonchev–Trinajstić information content (AvgIpc) is 2.44. The van der Waals surface area contributed by atoms with Gasteiger partial charge in [0.2, 0.25) is 10.0 Å². The van der Waals surface area contributed by atoms with Crippen molar-refractivity contribution in [1.29, 1.82) is 0 Å². The number of aromatic nitrogens is 1. The van der Waals surface area contributed by atoms with E-state index < -0.39 is 10.0 Å². The molecule has 0 fully saturated rings. The summed E-state index contributed by atoms with van der Waals surface area (Å²) in [5.74, 6) is -0.283. The fourth-order valence-electron chi connectivity index (χ4n) is 1.74. The number of carbonyl (C=O) groups excluding carboxylic acids is 1. The van der Waals surface area contributed by atoms with Crippen molar-refractivity contribution in [2.24, 2.45) is 5.14 Å². The van der Waals surface area contributed by atoms with Crippen LogP contribution in [0.5, 0.6) is 0 Å². The molecule has 1 aromatic carbocycles. The van der Waals surface area contributed by atoms with E-state index in [1.54, 1.807) is 24.3 Å². The number of amides is 1. The highest BCUT2D eigenvalue weighted by molar-refractivity contribution is 7.89. The predicted octanol–water partition coefficient (Wildman–Crippen LogP) is 0.967. The van der Waals surface area contributed by atoms with Gasteiger partial charge in [-0.1, -0.05) is 18.2 Å². The van der Waals surface area contributed by atoms with Crippen LogP contribution in [0.1, 0.15) is 21.7 Å². The Kier molecular flexibility index (Phi) is 4.35. The van der Waals surface area contributed by atoms with Crippen LogP contribution in [0.15, 0.2) is 47.4 Å². The Bertz CT molecular complexity index is 755. The first-order valence-corrected chi connectivity index (χ1v) is 7.74. The maximum absolute atomic E-state index is 11.9. The van der Waals surface area contributed by atoms with E-state index in [1.807, 2.05) is 13.0 Å². The van der Waals surface area contributed by atoms with Gasteiger partial charge in [0.25, 0.3) is 5.91 Å². The van der Waals surface area contributed by atoms with Gasteiger partial charge in [-0.3, -0.25) is 4.79 Å². The standard InChI is InChI=1S/C14H15N3O3S/c1-10-3-2-4-13(17-10)14(18)16-9-11-5-7-12(8-6-11)21(15,19)20/h2-8H,9H2,1H3,(H,16,18)(H2,15,19,20). The van der Waals surface area contributed by atoms with E-state index in [-0.39, 0.29) is 17.3 Å². The molecule has 0 aliphatic carbocycles. The summed E-state index contributed by atoms with van der Waals surface area (Å²) in [7, 11) is -3.70. The molecule has 1 aromatic heterocycles. The molecule has 0 atom stereocenters. The monoisotopic (exact) mass is 305 g/mol. The van der Waals surface area contributed by atoms with E-state index in [0.29, 0.717) is 5.69 Å². The molecule has 0 saturated carbocycles. The molecule has 3 N–H and O–H groups in total. The molecular formula is C14H15N3O3S. The second kappa shape index (κ2) is 6.02. The molecule has 0 radical (unpaired) electrons. The van der Waals surface area contributed by atoms with Gasteiger partial charge in [0.15, 0.2) is 0 Å². The first-order chi connectivity index (χ1) is 9.86. The Morgan fingerprint density at radius 1 is 1.19 bits per heavy atom. The third-order valence-corrected chi connectivity index (χ3v) is 3.76. The Hall–Kier alpha value is -2.25. The van der Waals surface area contributed by atoms with Crippen LogP contribution in [0.4, 0.5) is 0 Å². The average molecular weight is 305 g/mol. The van der Waals surface area contributed by atoms with Crippen LogP contribution in [0.25, 0.3) is 0 Å². The van der Waals surface area contributed by atoms with Crippen LogP contribution in [0.3, 0.4) is 0 Å². The van der Waals surface area contributed by atoms with Crippen LogP contribution in [-0.2, 0) is 16.6 Å². The molecule has 0 aliphatic heterocycles. The summed E-state index contributed by atoms with van der Waals surface area (Å²) in [5, 5.41) is 7.73. The number of benzene rings is 1. The number of hydrogen-bond acceptors (Lipinski definition) is 4. The first kappa shape index (κ1) is 15.1. The van der Waals surface area contributed by atoms with E-state index >= 15 is 0 Å². The number of nitrogens with two attached hydrogens (primary N) is 1. The largest absolute Gasteiger partial charge is 0.347 e. The molecule has 1 amide bonds. The second-order valence-electron chi connectivity index (χ2n) is 4.54. The van der Waals surface area contributed by atoms with E-state index in [1.165, 1.54) is 12.1 Å². The Labute approximate surface area is 123 Å². The molecule has 0 bridgehead atoms. The van der Waals surface area contributed by atoms with Crippen molar-refractivity contribution in [3.05, 3.63) is 59.4 Å². The molecule has 0 aliphatic rings. The summed E-state index contributed by atoms with van der Waals surface area (Å²) in [6, 6.07) is 11.2. The number of aryl methyl sites for hydroxylation is 1. The zero-order chi connectivity index (χ0) is 15.5. The van der Waals surface area contributed by atoms with Crippen LogP contribution in [0, 0.1) is 6.92 Å². The number of nitrogens with one attached hydrogen (secondary N) is 1. The summed E-state index contributed by atoms with van der Waals surface area (Å²) in [6.45, 7) is 2.09. The molecule has 7 heteroatoms. The van der Waals surface area contributed by atoms with E-state index in [9.17, 15) is 13.2 Å². The van der Waals surface area contributed by atoms with Gasteiger partial charge in [0.1, 0.15) is 5.69 Å². The normalized spacial score (nSPS) is 11.1. The molecule has 6 nitrogen and oxygen atoms in total. The van der Waals surface area contributed by atoms with Crippen molar-refractivity contribution in [3.63, 3.8) is 0 Å². The molecule has 110 valence electrons. The van der Waals surface area contributed by atoms with Crippen LogP contribution >= 0.6 is 0 Å². The van der Waals surface area contributed by atoms with Gasteiger partial charge in [-0.05, 0) is 36.8 Å².